The van der Waals surface area contributed by atoms with Gasteiger partial charge >= 0.3 is 0 Å². The molecular formula is C16H25N3O. The minimum atomic E-state index is 0.0492. The Labute approximate surface area is 121 Å². The van der Waals surface area contributed by atoms with E-state index in [9.17, 15) is 0 Å². The third-order valence-electron chi connectivity index (χ3n) is 3.79. The average Bonchev–Trinajstić information content (AvgIpc) is 2.88. The SMILES string of the molecule is CCCCCCCOc1nc2c(cc1C(=N)N)CCC2. The van der Waals surface area contributed by atoms with Crippen molar-refractivity contribution in [2.45, 2.75) is 58.3 Å². The minimum Gasteiger partial charge on any atom is -0.477 e. The lowest BCUT2D eigenvalue weighted by Gasteiger charge is -2.12. The molecule has 20 heavy (non-hydrogen) atoms. The fourth-order valence-corrected chi connectivity index (χ4v) is 2.63. The van der Waals surface area contributed by atoms with Gasteiger partial charge in [-0.3, -0.25) is 5.41 Å². The highest BCUT2D eigenvalue weighted by Gasteiger charge is 2.18. The number of amidine groups is 1. The normalized spacial score (nSPS) is 13.2. The van der Waals surface area contributed by atoms with E-state index in [0.29, 0.717) is 18.1 Å². The monoisotopic (exact) mass is 275 g/mol. The second-order valence-corrected chi connectivity index (χ2v) is 5.48. The lowest BCUT2D eigenvalue weighted by molar-refractivity contribution is 0.292. The van der Waals surface area contributed by atoms with E-state index in [1.807, 2.05) is 6.07 Å². The Morgan fingerprint density at radius 2 is 2.10 bits per heavy atom. The van der Waals surface area contributed by atoms with Crippen LogP contribution in [0.25, 0.3) is 0 Å². The highest BCUT2D eigenvalue weighted by molar-refractivity contribution is 5.97. The lowest BCUT2D eigenvalue weighted by atomic mass is 10.1. The molecule has 1 aliphatic carbocycles. The van der Waals surface area contributed by atoms with Gasteiger partial charge in [-0.15, -0.1) is 0 Å². The van der Waals surface area contributed by atoms with Gasteiger partial charge < -0.3 is 10.5 Å². The van der Waals surface area contributed by atoms with E-state index < -0.39 is 0 Å². The van der Waals surface area contributed by atoms with E-state index in [4.69, 9.17) is 15.9 Å². The van der Waals surface area contributed by atoms with Crippen molar-refractivity contribution < 1.29 is 4.74 Å². The van der Waals surface area contributed by atoms with Gasteiger partial charge in [0.1, 0.15) is 5.84 Å². The molecule has 0 saturated heterocycles. The molecule has 3 N–H and O–H groups in total. The number of hydrogen-bond acceptors (Lipinski definition) is 3. The summed E-state index contributed by atoms with van der Waals surface area (Å²) >= 11 is 0. The number of rotatable bonds is 8. The molecule has 0 radical (unpaired) electrons. The van der Waals surface area contributed by atoms with Crippen molar-refractivity contribution in [3.05, 3.63) is 22.9 Å². The summed E-state index contributed by atoms with van der Waals surface area (Å²) in [6.45, 7) is 2.87. The molecule has 1 aliphatic rings. The molecular weight excluding hydrogens is 250 g/mol. The van der Waals surface area contributed by atoms with Gasteiger partial charge in [0.25, 0.3) is 0 Å². The van der Waals surface area contributed by atoms with Gasteiger partial charge in [-0.2, -0.15) is 0 Å². The summed E-state index contributed by atoms with van der Waals surface area (Å²) in [7, 11) is 0. The standard InChI is InChI=1S/C16H25N3O/c1-2-3-4-5-6-10-20-16-13(15(17)18)11-12-8-7-9-14(12)19-16/h11H,2-10H2,1H3,(H3,17,18). The summed E-state index contributed by atoms with van der Waals surface area (Å²) in [6.07, 6.45) is 9.22. The van der Waals surface area contributed by atoms with E-state index >= 15 is 0 Å². The molecule has 0 aromatic carbocycles. The van der Waals surface area contributed by atoms with E-state index in [1.54, 1.807) is 0 Å². The molecule has 0 aliphatic heterocycles. The Kier molecular flexibility index (Phi) is 5.39. The van der Waals surface area contributed by atoms with Crippen LogP contribution < -0.4 is 10.5 Å². The molecule has 0 amide bonds. The summed E-state index contributed by atoms with van der Waals surface area (Å²) in [6, 6.07) is 1.99. The Bertz CT molecular complexity index is 471. The van der Waals surface area contributed by atoms with Crippen LogP contribution in [-0.4, -0.2) is 17.4 Å². The van der Waals surface area contributed by atoms with Crippen molar-refractivity contribution >= 4 is 5.84 Å². The zero-order valence-electron chi connectivity index (χ0n) is 12.4. The number of pyridine rings is 1. The van der Waals surface area contributed by atoms with Gasteiger partial charge in [-0.05, 0) is 37.3 Å². The topological polar surface area (TPSA) is 72.0 Å². The van der Waals surface area contributed by atoms with Crippen molar-refractivity contribution in [3.8, 4) is 5.88 Å². The van der Waals surface area contributed by atoms with Crippen LogP contribution in [0, 0.1) is 5.41 Å². The number of nitrogens with one attached hydrogen (secondary N) is 1. The first-order valence-electron chi connectivity index (χ1n) is 7.72. The van der Waals surface area contributed by atoms with Crippen LogP contribution in [0.3, 0.4) is 0 Å². The van der Waals surface area contributed by atoms with E-state index in [1.165, 1.54) is 31.2 Å². The molecule has 2 rings (SSSR count). The Balaban J connectivity index is 1.94. The fraction of sp³-hybridized carbons (Fsp3) is 0.625. The molecule has 1 heterocycles. The molecule has 0 fully saturated rings. The number of aryl methyl sites for hydroxylation is 2. The molecule has 0 spiro atoms. The summed E-state index contributed by atoms with van der Waals surface area (Å²) in [5.41, 5.74) is 8.64. The zero-order valence-corrected chi connectivity index (χ0v) is 12.4. The predicted octanol–water partition coefficient (Wildman–Crippen LogP) is 3.20. The van der Waals surface area contributed by atoms with Gasteiger partial charge in [0, 0.05) is 5.69 Å². The smallest absolute Gasteiger partial charge is 0.224 e. The molecule has 0 bridgehead atoms. The molecule has 1 aromatic rings. The number of nitrogen functional groups attached to an aromatic ring is 1. The largest absolute Gasteiger partial charge is 0.477 e. The minimum absolute atomic E-state index is 0.0492. The number of nitrogens with two attached hydrogens (primary N) is 1. The number of aromatic nitrogens is 1. The second-order valence-electron chi connectivity index (χ2n) is 5.48. The van der Waals surface area contributed by atoms with E-state index in [0.717, 1.165) is 31.4 Å². The highest BCUT2D eigenvalue weighted by atomic mass is 16.5. The van der Waals surface area contributed by atoms with Crippen molar-refractivity contribution in [2.75, 3.05) is 6.61 Å². The van der Waals surface area contributed by atoms with Crippen LogP contribution in [0.2, 0.25) is 0 Å². The fourth-order valence-electron chi connectivity index (χ4n) is 2.63. The number of nitrogens with zero attached hydrogens (tertiary/aromatic N) is 1. The summed E-state index contributed by atoms with van der Waals surface area (Å²) in [4.78, 5) is 4.57. The van der Waals surface area contributed by atoms with Crippen LogP contribution in [0.4, 0.5) is 0 Å². The number of unbranched alkanes of at least 4 members (excludes halogenated alkanes) is 4. The lowest BCUT2D eigenvalue weighted by Crippen LogP contribution is -2.15. The maximum absolute atomic E-state index is 7.67. The van der Waals surface area contributed by atoms with Gasteiger partial charge in [-0.25, -0.2) is 4.98 Å². The number of fused-ring (bicyclic) bond motifs is 1. The van der Waals surface area contributed by atoms with E-state index in [-0.39, 0.29) is 5.84 Å². The molecule has 110 valence electrons. The van der Waals surface area contributed by atoms with Gasteiger partial charge in [0.2, 0.25) is 5.88 Å². The second kappa shape index (κ2) is 7.27. The van der Waals surface area contributed by atoms with Crippen molar-refractivity contribution in [2.24, 2.45) is 5.73 Å². The maximum atomic E-state index is 7.67. The van der Waals surface area contributed by atoms with Gasteiger partial charge in [0.15, 0.2) is 0 Å². The van der Waals surface area contributed by atoms with Crippen molar-refractivity contribution in [1.82, 2.24) is 4.98 Å². The van der Waals surface area contributed by atoms with Crippen LogP contribution in [0.15, 0.2) is 6.07 Å². The quantitative estimate of drug-likeness (QED) is 0.435. The highest BCUT2D eigenvalue weighted by Crippen LogP contribution is 2.26. The van der Waals surface area contributed by atoms with Crippen molar-refractivity contribution in [1.29, 1.82) is 5.41 Å². The Hall–Kier alpha value is -1.58. The first-order valence-corrected chi connectivity index (χ1v) is 7.72. The molecule has 1 aromatic heterocycles. The summed E-state index contributed by atoms with van der Waals surface area (Å²) in [5, 5.41) is 7.67. The molecule has 0 saturated carbocycles. The zero-order chi connectivity index (χ0) is 14.4. The molecule has 4 nitrogen and oxygen atoms in total. The number of ether oxygens (including phenoxy) is 1. The van der Waals surface area contributed by atoms with Crippen LogP contribution in [-0.2, 0) is 12.8 Å². The van der Waals surface area contributed by atoms with Crippen molar-refractivity contribution in [3.63, 3.8) is 0 Å². The third kappa shape index (κ3) is 3.71. The van der Waals surface area contributed by atoms with Crippen LogP contribution in [0.1, 0.15) is 62.3 Å². The summed E-state index contributed by atoms with van der Waals surface area (Å²) < 4.78 is 5.77. The number of hydrogen-bond donors (Lipinski definition) is 2. The molecule has 4 heteroatoms. The predicted molar refractivity (Wildman–Crippen MR) is 81.5 cm³/mol. The maximum Gasteiger partial charge on any atom is 0.224 e. The van der Waals surface area contributed by atoms with Gasteiger partial charge in [0.05, 0.1) is 12.2 Å². The molecule has 0 atom stereocenters. The van der Waals surface area contributed by atoms with E-state index in [2.05, 4.69) is 11.9 Å². The molecule has 0 unspecified atom stereocenters. The van der Waals surface area contributed by atoms with Gasteiger partial charge in [-0.1, -0.05) is 32.6 Å². The first kappa shape index (κ1) is 14.8. The van der Waals surface area contributed by atoms with Crippen LogP contribution in [0.5, 0.6) is 5.88 Å². The Morgan fingerprint density at radius 1 is 1.30 bits per heavy atom. The van der Waals surface area contributed by atoms with Crippen LogP contribution >= 0.6 is 0 Å². The third-order valence-corrected chi connectivity index (χ3v) is 3.79. The average molecular weight is 275 g/mol. The Morgan fingerprint density at radius 3 is 2.85 bits per heavy atom. The summed E-state index contributed by atoms with van der Waals surface area (Å²) in [5.74, 6) is 0.599. The first-order chi connectivity index (χ1) is 9.72.